The molecule has 3 aromatic rings. The van der Waals surface area contributed by atoms with E-state index in [0.29, 0.717) is 0 Å². The van der Waals surface area contributed by atoms with Crippen LogP contribution in [-0.4, -0.2) is 30.0 Å². The van der Waals surface area contributed by atoms with Crippen LogP contribution in [0.4, 0.5) is 4.79 Å². The quantitative estimate of drug-likeness (QED) is 0.467. The molecule has 3 rings (SSSR count). The predicted molar refractivity (Wildman–Crippen MR) is 127 cm³/mol. The number of nitrogens with two attached hydrogens (primary N) is 1. The fraction of sp³-hybridized carbons (Fsp3) is 0.269. The van der Waals surface area contributed by atoms with Crippen LogP contribution in [0.5, 0.6) is 0 Å². The van der Waals surface area contributed by atoms with Crippen molar-refractivity contribution < 1.29 is 19.1 Å². The number of amides is 3. The van der Waals surface area contributed by atoms with Gasteiger partial charge in [0.05, 0.1) is 0 Å². The lowest BCUT2D eigenvalue weighted by Gasteiger charge is -2.24. The summed E-state index contributed by atoms with van der Waals surface area (Å²) in [7, 11) is 0. The molecule has 0 aliphatic rings. The van der Waals surface area contributed by atoms with E-state index in [9.17, 15) is 14.4 Å². The maximum Gasteiger partial charge on any atom is 0.408 e. The number of benzene rings is 3. The minimum absolute atomic E-state index is 0.0883. The van der Waals surface area contributed by atoms with Crippen LogP contribution in [0.15, 0.2) is 72.8 Å². The minimum atomic E-state index is -0.915. The monoisotopic (exact) mass is 447 g/mol. The van der Waals surface area contributed by atoms with Gasteiger partial charge in [-0.25, -0.2) is 4.79 Å². The summed E-state index contributed by atoms with van der Waals surface area (Å²) in [5, 5.41) is 7.40. The first kappa shape index (κ1) is 23.8. The molecular weight excluding hydrogens is 418 g/mol. The molecule has 0 unspecified atom stereocenters. The van der Waals surface area contributed by atoms with Gasteiger partial charge in [0.15, 0.2) is 0 Å². The van der Waals surface area contributed by atoms with Crippen LogP contribution in [0.2, 0.25) is 0 Å². The molecule has 4 N–H and O–H groups in total. The van der Waals surface area contributed by atoms with Crippen LogP contribution in [0, 0.1) is 5.92 Å². The van der Waals surface area contributed by atoms with Crippen LogP contribution in [0.25, 0.3) is 10.8 Å². The number of primary amides is 1. The molecule has 0 saturated heterocycles. The number of fused-ring (bicyclic) bond motifs is 1. The number of alkyl carbamates (subject to hydrolysis) is 1. The Morgan fingerprint density at radius 2 is 1.52 bits per heavy atom. The molecule has 2 atom stereocenters. The van der Waals surface area contributed by atoms with Gasteiger partial charge in [0.2, 0.25) is 11.8 Å². The summed E-state index contributed by atoms with van der Waals surface area (Å²) >= 11 is 0. The van der Waals surface area contributed by atoms with Crippen molar-refractivity contribution in [1.82, 2.24) is 10.6 Å². The Labute approximate surface area is 193 Å². The van der Waals surface area contributed by atoms with Gasteiger partial charge in [-0.2, -0.15) is 0 Å². The summed E-state index contributed by atoms with van der Waals surface area (Å²) in [6.45, 7) is 3.68. The summed E-state index contributed by atoms with van der Waals surface area (Å²) in [5.74, 6) is -1.37. The van der Waals surface area contributed by atoms with E-state index in [0.717, 1.165) is 21.9 Å². The van der Waals surface area contributed by atoms with Crippen LogP contribution in [-0.2, 0) is 27.4 Å². The van der Waals surface area contributed by atoms with Crippen molar-refractivity contribution in [2.75, 3.05) is 0 Å². The third kappa shape index (κ3) is 6.80. The van der Waals surface area contributed by atoms with E-state index in [2.05, 4.69) is 10.6 Å². The largest absolute Gasteiger partial charge is 0.445 e. The molecule has 7 heteroatoms. The summed E-state index contributed by atoms with van der Waals surface area (Å²) in [5.41, 5.74) is 7.27. The highest BCUT2D eigenvalue weighted by Gasteiger charge is 2.28. The van der Waals surface area contributed by atoms with Gasteiger partial charge in [0.1, 0.15) is 18.7 Å². The van der Waals surface area contributed by atoms with E-state index in [1.807, 2.05) is 72.8 Å². The first-order valence-corrected chi connectivity index (χ1v) is 10.9. The van der Waals surface area contributed by atoms with Crippen LogP contribution < -0.4 is 16.4 Å². The van der Waals surface area contributed by atoms with Crippen molar-refractivity contribution in [3.8, 4) is 0 Å². The Balaban J connectivity index is 1.63. The number of hydrogen-bond donors (Lipinski definition) is 3. The van der Waals surface area contributed by atoms with E-state index >= 15 is 0 Å². The second-order valence-corrected chi connectivity index (χ2v) is 8.28. The van der Waals surface area contributed by atoms with Gasteiger partial charge in [-0.3, -0.25) is 9.59 Å². The third-order valence-electron chi connectivity index (χ3n) is 5.35. The SMILES string of the molecule is CC(C)[C@H](NC(=O)OCc1ccccc1)C(=O)N[C@@H](Cc1ccc2ccccc2c1)C(N)=O. The van der Waals surface area contributed by atoms with Gasteiger partial charge in [-0.15, -0.1) is 0 Å². The lowest BCUT2D eigenvalue weighted by molar-refractivity contribution is -0.129. The fourth-order valence-electron chi connectivity index (χ4n) is 3.51. The van der Waals surface area contributed by atoms with E-state index in [1.54, 1.807) is 13.8 Å². The first-order valence-electron chi connectivity index (χ1n) is 10.9. The second-order valence-electron chi connectivity index (χ2n) is 8.28. The van der Waals surface area contributed by atoms with Crippen LogP contribution in [0.3, 0.4) is 0 Å². The van der Waals surface area contributed by atoms with Crippen molar-refractivity contribution in [2.45, 2.75) is 39.0 Å². The minimum Gasteiger partial charge on any atom is -0.445 e. The van der Waals surface area contributed by atoms with Gasteiger partial charge in [-0.05, 0) is 27.8 Å². The maximum atomic E-state index is 12.9. The Morgan fingerprint density at radius 1 is 0.848 bits per heavy atom. The summed E-state index contributed by atoms with van der Waals surface area (Å²) in [4.78, 5) is 37.3. The maximum absolute atomic E-state index is 12.9. The number of nitrogens with one attached hydrogen (secondary N) is 2. The lowest BCUT2D eigenvalue weighted by atomic mass is 9.99. The smallest absolute Gasteiger partial charge is 0.408 e. The standard InChI is InChI=1S/C26H29N3O4/c1-17(2)23(29-26(32)33-16-18-8-4-3-5-9-18)25(31)28-22(24(27)30)15-19-12-13-20-10-6-7-11-21(20)14-19/h3-14,17,22-23H,15-16H2,1-2H3,(H2,27,30)(H,28,31)(H,29,32)/t22-,23-/m0/s1. The second kappa shape index (κ2) is 11.1. The van der Waals surface area contributed by atoms with Crippen LogP contribution >= 0.6 is 0 Å². The molecule has 3 amide bonds. The molecule has 0 aromatic heterocycles. The lowest BCUT2D eigenvalue weighted by Crippen LogP contribution is -2.55. The number of ether oxygens (including phenoxy) is 1. The molecule has 172 valence electrons. The Bertz CT molecular complexity index is 1110. The zero-order valence-corrected chi connectivity index (χ0v) is 18.8. The van der Waals surface area contributed by atoms with E-state index in [-0.39, 0.29) is 18.9 Å². The van der Waals surface area contributed by atoms with E-state index < -0.39 is 30.0 Å². The fourth-order valence-corrected chi connectivity index (χ4v) is 3.51. The summed E-state index contributed by atoms with van der Waals surface area (Å²) in [6.07, 6.45) is -0.465. The van der Waals surface area contributed by atoms with Crippen LogP contribution in [0.1, 0.15) is 25.0 Å². The predicted octanol–water partition coefficient (Wildman–Crippen LogP) is 3.30. The molecule has 33 heavy (non-hydrogen) atoms. The van der Waals surface area contributed by atoms with Gasteiger partial charge >= 0.3 is 6.09 Å². The number of rotatable bonds is 9. The number of carbonyl (C=O) groups excluding carboxylic acids is 3. The van der Waals surface area contributed by atoms with Crippen molar-refractivity contribution in [3.05, 3.63) is 83.9 Å². The van der Waals surface area contributed by atoms with Crippen molar-refractivity contribution in [2.24, 2.45) is 11.7 Å². The average molecular weight is 448 g/mol. The van der Waals surface area contributed by atoms with Gasteiger partial charge in [0, 0.05) is 6.42 Å². The normalized spacial score (nSPS) is 12.7. The molecule has 0 spiro atoms. The van der Waals surface area contributed by atoms with E-state index in [1.165, 1.54) is 0 Å². The topological polar surface area (TPSA) is 111 Å². The average Bonchev–Trinajstić information content (AvgIpc) is 2.81. The highest BCUT2D eigenvalue weighted by Crippen LogP contribution is 2.17. The summed E-state index contributed by atoms with van der Waals surface area (Å²) < 4.78 is 5.23. The molecule has 3 aromatic carbocycles. The zero-order chi connectivity index (χ0) is 23.8. The van der Waals surface area contributed by atoms with E-state index in [4.69, 9.17) is 10.5 Å². The molecule has 0 aliphatic heterocycles. The molecule has 0 saturated carbocycles. The molecule has 0 fully saturated rings. The molecule has 0 bridgehead atoms. The van der Waals surface area contributed by atoms with Gasteiger partial charge in [-0.1, -0.05) is 86.6 Å². The number of carbonyl (C=O) groups is 3. The molecule has 0 heterocycles. The first-order chi connectivity index (χ1) is 15.8. The number of hydrogen-bond acceptors (Lipinski definition) is 4. The van der Waals surface area contributed by atoms with Gasteiger partial charge < -0.3 is 21.1 Å². The van der Waals surface area contributed by atoms with Gasteiger partial charge in [0.25, 0.3) is 0 Å². The molecule has 7 nitrogen and oxygen atoms in total. The Hall–Kier alpha value is -3.87. The Morgan fingerprint density at radius 3 is 2.18 bits per heavy atom. The molecule has 0 radical (unpaired) electrons. The third-order valence-corrected chi connectivity index (χ3v) is 5.35. The summed E-state index contributed by atoms with van der Waals surface area (Å²) in [6, 6.07) is 21.2. The highest BCUT2D eigenvalue weighted by molar-refractivity contribution is 5.91. The molecule has 0 aliphatic carbocycles. The Kier molecular flexibility index (Phi) is 8.02. The van der Waals surface area contributed by atoms with Crippen molar-refractivity contribution >= 4 is 28.7 Å². The van der Waals surface area contributed by atoms with Crippen molar-refractivity contribution in [1.29, 1.82) is 0 Å². The molecular formula is C26H29N3O4. The highest BCUT2D eigenvalue weighted by atomic mass is 16.5. The van der Waals surface area contributed by atoms with Crippen molar-refractivity contribution in [3.63, 3.8) is 0 Å². The zero-order valence-electron chi connectivity index (χ0n) is 18.8.